The van der Waals surface area contributed by atoms with Gasteiger partial charge in [0.05, 0.1) is 22.2 Å². The number of fused-ring (bicyclic) bond motifs is 1. The number of aromatic nitrogens is 2. The molecule has 14 heavy (non-hydrogen) atoms. The molecule has 0 spiro atoms. The second kappa shape index (κ2) is 3.20. The molecule has 1 N–H and O–H groups in total. The van der Waals surface area contributed by atoms with Crippen LogP contribution in [0.15, 0.2) is 5.03 Å². The molecule has 0 fully saturated rings. The lowest BCUT2D eigenvalue weighted by Crippen LogP contribution is -2.26. The highest BCUT2D eigenvalue weighted by Gasteiger charge is 2.27. The van der Waals surface area contributed by atoms with Crippen LogP contribution in [-0.2, 0) is 29.1 Å². The van der Waals surface area contributed by atoms with Gasteiger partial charge in [-0.25, -0.2) is 0 Å². The maximum atomic E-state index is 11.6. The molecule has 1 atom stereocenters. The predicted molar refractivity (Wildman–Crippen MR) is 52.5 cm³/mol. The number of anilines is 1. The Balaban J connectivity index is 2.60. The molecule has 2 heterocycles. The molecular weight excluding hydrogens is 202 g/mol. The Morgan fingerprint density at radius 1 is 1.64 bits per heavy atom. The van der Waals surface area contributed by atoms with Gasteiger partial charge in [0.1, 0.15) is 10.8 Å². The van der Waals surface area contributed by atoms with Gasteiger partial charge >= 0.3 is 0 Å². The van der Waals surface area contributed by atoms with Crippen molar-refractivity contribution in [2.45, 2.75) is 18.4 Å². The number of carbonyl (C=O) groups is 1. The van der Waals surface area contributed by atoms with Crippen molar-refractivity contribution in [1.82, 2.24) is 9.78 Å². The Hall–Kier alpha value is -1.17. The second-order valence-electron chi connectivity index (χ2n) is 3.14. The van der Waals surface area contributed by atoms with Crippen LogP contribution < -0.4 is 5.32 Å². The number of hydrogen-bond donors (Lipinski definition) is 1. The Morgan fingerprint density at radius 3 is 3.00 bits per heavy atom. The average Bonchev–Trinajstić information content (AvgIpc) is 2.42. The summed E-state index contributed by atoms with van der Waals surface area (Å²) in [6.07, 6.45) is 0.723. The molecule has 1 aliphatic heterocycles. The van der Waals surface area contributed by atoms with Gasteiger partial charge in [-0.05, 0) is 6.42 Å². The third kappa shape index (κ3) is 1.26. The van der Waals surface area contributed by atoms with Crippen LogP contribution in [0.2, 0.25) is 0 Å². The highest BCUT2D eigenvalue weighted by molar-refractivity contribution is 7.86. The van der Waals surface area contributed by atoms with Gasteiger partial charge in [0.2, 0.25) is 5.91 Å². The van der Waals surface area contributed by atoms with Gasteiger partial charge < -0.3 is 5.32 Å². The molecule has 1 aliphatic rings. The topological polar surface area (TPSA) is 64.0 Å². The summed E-state index contributed by atoms with van der Waals surface area (Å²) in [6, 6.07) is 0. The van der Waals surface area contributed by atoms with Crippen LogP contribution >= 0.6 is 0 Å². The number of nitrogens with zero attached hydrogens (tertiary/aromatic N) is 2. The van der Waals surface area contributed by atoms with Crippen molar-refractivity contribution >= 4 is 22.4 Å². The van der Waals surface area contributed by atoms with E-state index in [2.05, 4.69) is 10.4 Å². The van der Waals surface area contributed by atoms with Crippen LogP contribution in [0, 0.1) is 0 Å². The lowest BCUT2D eigenvalue weighted by atomic mass is 10.3. The zero-order valence-corrected chi connectivity index (χ0v) is 8.85. The normalized spacial score (nSPS) is 20.4. The lowest BCUT2D eigenvalue weighted by molar-refractivity contribution is -0.114. The van der Waals surface area contributed by atoms with E-state index in [-0.39, 0.29) is 11.7 Å². The van der Waals surface area contributed by atoms with E-state index in [0.717, 1.165) is 12.1 Å². The van der Waals surface area contributed by atoms with Crippen LogP contribution in [0.5, 0.6) is 0 Å². The van der Waals surface area contributed by atoms with Gasteiger partial charge in [-0.1, -0.05) is 6.92 Å². The first-order valence-electron chi connectivity index (χ1n) is 4.37. The number of rotatable bonds is 1. The molecule has 0 radical (unpaired) electrons. The van der Waals surface area contributed by atoms with Crippen molar-refractivity contribution in [2.24, 2.45) is 7.05 Å². The first-order valence-corrected chi connectivity index (χ1v) is 5.69. The summed E-state index contributed by atoms with van der Waals surface area (Å²) in [5.41, 5.74) is 1.44. The molecule has 0 aliphatic carbocycles. The SMILES string of the molecule is CCc1nn(C)c2c1NC(=O)CS2=O. The fraction of sp³-hybridized carbons (Fsp3) is 0.500. The molecule has 1 aromatic rings. The van der Waals surface area contributed by atoms with Gasteiger partial charge in [-0.2, -0.15) is 5.10 Å². The van der Waals surface area contributed by atoms with Crippen molar-refractivity contribution in [3.8, 4) is 0 Å². The van der Waals surface area contributed by atoms with E-state index in [9.17, 15) is 9.00 Å². The number of nitrogens with one attached hydrogen (secondary N) is 1. The van der Waals surface area contributed by atoms with E-state index < -0.39 is 10.8 Å². The molecule has 2 rings (SSSR count). The van der Waals surface area contributed by atoms with E-state index in [0.29, 0.717) is 10.7 Å². The zero-order valence-electron chi connectivity index (χ0n) is 8.03. The Bertz CT molecular complexity index is 424. The molecule has 1 unspecified atom stereocenters. The lowest BCUT2D eigenvalue weighted by Gasteiger charge is -2.13. The zero-order chi connectivity index (χ0) is 10.3. The summed E-state index contributed by atoms with van der Waals surface area (Å²) in [4.78, 5) is 11.2. The summed E-state index contributed by atoms with van der Waals surface area (Å²) in [7, 11) is 0.494. The third-order valence-corrected chi connectivity index (χ3v) is 3.57. The van der Waals surface area contributed by atoms with E-state index in [1.807, 2.05) is 6.92 Å². The minimum Gasteiger partial charge on any atom is -0.321 e. The molecule has 0 saturated heterocycles. The highest BCUT2D eigenvalue weighted by atomic mass is 32.2. The molecule has 5 nitrogen and oxygen atoms in total. The van der Waals surface area contributed by atoms with Crippen LogP contribution in [0.25, 0.3) is 0 Å². The third-order valence-electron chi connectivity index (χ3n) is 2.14. The summed E-state index contributed by atoms with van der Waals surface area (Å²) in [6.45, 7) is 1.95. The van der Waals surface area contributed by atoms with Crippen molar-refractivity contribution in [1.29, 1.82) is 0 Å². The second-order valence-corrected chi connectivity index (χ2v) is 4.51. The quantitative estimate of drug-likeness (QED) is 0.716. The maximum Gasteiger partial charge on any atom is 0.237 e. The number of aryl methyl sites for hydroxylation is 2. The standard InChI is InChI=1S/C8H11N3O2S/c1-3-5-7-8(11(2)10-5)14(13)4-6(12)9-7/h3-4H2,1-2H3,(H,9,12). The Labute approximate surface area is 83.9 Å². The Kier molecular flexibility index (Phi) is 2.14. The molecule has 1 aromatic heterocycles. The van der Waals surface area contributed by atoms with Crippen molar-refractivity contribution in [2.75, 3.05) is 11.1 Å². The highest BCUT2D eigenvalue weighted by Crippen LogP contribution is 2.27. The monoisotopic (exact) mass is 213 g/mol. The molecular formula is C8H11N3O2S. The van der Waals surface area contributed by atoms with Gasteiger partial charge in [0.15, 0.2) is 0 Å². The Morgan fingerprint density at radius 2 is 2.36 bits per heavy atom. The molecule has 1 amide bonds. The number of hydrogen-bond acceptors (Lipinski definition) is 3. The summed E-state index contributed by atoms with van der Waals surface area (Å²) in [5, 5.41) is 7.55. The van der Waals surface area contributed by atoms with Crippen LogP contribution in [0.3, 0.4) is 0 Å². The summed E-state index contributed by atoms with van der Waals surface area (Å²) in [5.74, 6) is -0.158. The maximum absolute atomic E-state index is 11.6. The van der Waals surface area contributed by atoms with E-state index in [1.165, 1.54) is 0 Å². The minimum absolute atomic E-state index is 0.0374. The van der Waals surface area contributed by atoms with E-state index in [1.54, 1.807) is 11.7 Å². The fourth-order valence-corrected chi connectivity index (χ4v) is 2.74. The molecule has 0 aromatic carbocycles. The smallest absolute Gasteiger partial charge is 0.237 e. The molecule has 0 saturated carbocycles. The first kappa shape index (κ1) is 9.39. The number of amides is 1. The van der Waals surface area contributed by atoms with Crippen molar-refractivity contribution < 1.29 is 9.00 Å². The van der Waals surface area contributed by atoms with E-state index >= 15 is 0 Å². The fourth-order valence-electron chi connectivity index (χ4n) is 1.56. The molecule has 6 heteroatoms. The van der Waals surface area contributed by atoms with Crippen LogP contribution in [0.4, 0.5) is 5.69 Å². The van der Waals surface area contributed by atoms with Gasteiger partial charge in [0.25, 0.3) is 0 Å². The van der Waals surface area contributed by atoms with E-state index in [4.69, 9.17) is 0 Å². The van der Waals surface area contributed by atoms with Crippen LogP contribution in [-0.4, -0.2) is 25.6 Å². The molecule has 0 bridgehead atoms. The predicted octanol–water partition coefficient (Wildman–Crippen LogP) is 0.0422. The van der Waals surface area contributed by atoms with Crippen molar-refractivity contribution in [3.05, 3.63) is 5.69 Å². The van der Waals surface area contributed by atoms with Gasteiger partial charge in [0, 0.05) is 7.05 Å². The van der Waals surface area contributed by atoms with Crippen LogP contribution in [0.1, 0.15) is 12.6 Å². The first-order chi connectivity index (χ1) is 6.63. The summed E-state index contributed by atoms with van der Waals surface area (Å²) < 4.78 is 13.2. The molecule has 76 valence electrons. The average molecular weight is 213 g/mol. The largest absolute Gasteiger partial charge is 0.321 e. The summed E-state index contributed by atoms with van der Waals surface area (Å²) >= 11 is 0. The van der Waals surface area contributed by atoms with Crippen molar-refractivity contribution in [3.63, 3.8) is 0 Å². The van der Waals surface area contributed by atoms with Gasteiger partial charge in [-0.3, -0.25) is 13.7 Å². The van der Waals surface area contributed by atoms with Gasteiger partial charge in [-0.15, -0.1) is 0 Å². The minimum atomic E-state index is -1.25. The number of carbonyl (C=O) groups excluding carboxylic acids is 1.